The van der Waals surface area contributed by atoms with E-state index in [1.165, 1.54) is 10.8 Å². The molecule has 0 aliphatic rings. The molecular weight excluding hydrogens is 424 g/mol. The predicted molar refractivity (Wildman–Crippen MR) is 138 cm³/mol. The van der Waals surface area contributed by atoms with Gasteiger partial charge >= 0.3 is 0 Å². The summed E-state index contributed by atoms with van der Waals surface area (Å²) in [5, 5.41) is 6.79. The molecule has 0 radical (unpaired) electrons. The number of methoxy groups -OCH3 is 1. The highest BCUT2D eigenvalue weighted by Crippen LogP contribution is 2.29. The van der Waals surface area contributed by atoms with E-state index < -0.39 is 0 Å². The minimum Gasteiger partial charge on any atom is -0.493 e. The van der Waals surface area contributed by atoms with Crippen LogP contribution in [0.3, 0.4) is 0 Å². The molecular formula is C28H26N4O2. The molecule has 1 N–H and O–H groups in total. The normalized spacial score (nSPS) is 11.4. The summed E-state index contributed by atoms with van der Waals surface area (Å²) in [6.45, 7) is 3.35. The molecule has 0 aliphatic carbocycles. The molecule has 0 fully saturated rings. The Morgan fingerprint density at radius 1 is 0.941 bits per heavy atom. The lowest BCUT2D eigenvalue weighted by Gasteiger charge is -2.12. The first kappa shape index (κ1) is 21.5. The fourth-order valence-electron chi connectivity index (χ4n) is 4.10. The molecule has 0 amide bonds. The van der Waals surface area contributed by atoms with Gasteiger partial charge in [0.2, 0.25) is 5.95 Å². The number of benzene rings is 4. The third kappa shape index (κ3) is 4.30. The first-order valence-electron chi connectivity index (χ1n) is 11.3. The van der Waals surface area contributed by atoms with E-state index in [-0.39, 0.29) is 0 Å². The lowest BCUT2D eigenvalue weighted by atomic mass is 10.1. The summed E-state index contributed by atoms with van der Waals surface area (Å²) in [6.07, 6.45) is 1.75. The molecule has 0 bridgehead atoms. The Hall–Kier alpha value is -4.32. The van der Waals surface area contributed by atoms with E-state index in [1.807, 2.05) is 48.5 Å². The first-order valence-corrected chi connectivity index (χ1v) is 11.3. The molecule has 0 aliphatic heterocycles. The van der Waals surface area contributed by atoms with Crippen LogP contribution in [0.5, 0.6) is 11.5 Å². The third-order valence-electron chi connectivity index (χ3n) is 5.80. The molecule has 0 spiro atoms. The van der Waals surface area contributed by atoms with Crippen molar-refractivity contribution in [3.8, 4) is 11.5 Å². The Bertz CT molecular complexity index is 1470. The predicted octanol–water partition coefficient (Wildman–Crippen LogP) is 6.24. The number of aryl methyl sites for hydroxylation is 1. The smallest absolute Gasteiger partial charge is 0.224 e. The van der Waals surface area contributed by atoms with Gasteiger partial charge in [-0.1, -0.05) is 54.6 Å². The van der Waals surface area contributed by atoms with Gasteiger partial charge in [-0.2, -0.15) is 5.10 Å². The van der Waals surface area contributed by atoms with Gasteiger partial charge in [0, 0.05) is 6.54 Å². The average molecular weight is 451 g/mol. The van der Waals surface area contributed by atoms with Crippen LogP contribution < -0.4 is 14.9 Å². The Morgan fingerprint density at radius 2 is 1.76 bits per heavy atom. The summed E-state index contributed by atoms with van der Waals surface area (Å²) in [5.41, 5.74) is 7.11. The van der Waals surface area contributed by atoms with Gasteiger partial charge in [0.25, 0.3) is 0 Å². The van der Waals surface area contributed by atoms with Crippen molar-refractivity contribution in [1.82, 2.24) is 9.55 Å². The first-order chi connectivity index (χ1) is 16.8. The monoisotopic (exact) mass is 450 g/mol. The lowest BCUT2D eigenvalue weighted by Crippen LogP contribution is -2.02. The maximum atomic E-state index is 6.12. The molecule has 6 heteroatoms. The van der Waals surface area contributed by atoms with Crippen LogP contribution in [0.25, 0.3) is 21.8 Å². The lowest BCUT2D eigenvalue weighted by molar-refractivity contribution is 0.285. The fourth-order valence-corrected chi connectivity index (χ4v) is 4.10. The van der Waals surface area contributed by atoms with Gasteiger partial charge in [-0.25, -0.2) is 10.4 Å². The minimum absolute atomic E-state index is 0.458. The van der Waals surface area contributed by atoms with E-state index in [2.05, 4.69) is 63.4 Å². The van der Waals surface area contributed by atoms with Crippen LogP contribution in [0.4, 0.5) is 5.95 Å². The average Bonchev–Trinajstić information content (AvgIpc) is 3.25. The number of hydrogen-bond acceptors (Lipinski definition) is 5. The number of aromatic nitrogens is 2. The van der Waals surface area contributed by atoms with Crippen LogP contribution in [0.15, 0.2) is 90.0 Å². The molecule has 0 saturated heterocycles. The Labute approximate surface area is 198 Å². The Kier molecular flexibility index (Phi) is 6.12. The topological polar surface area (TPSA) is 60.7 Å². The van der Waals surface area contributed by atoms with Crippen LogP contribution in [-0.2, 0) is 13.2 Å². The van der Waals surface area contributed by atoms with Crippen molar-refractivity contribution in [3.63, 3.8) is 0 Å². The highest BCUT2D eigenvalue weighted by atomic mass is 16.5. The molecule has 4 aromatic carbocycles. The van der Waals surface area contributed by atoms with Gasteiger partial charge in [-0.15, -0.1) is 0 Å². The van der Waals surface area contributed by atoms with Crippen molar-refractivity contribution in [2.24, 2.45) is 5.10 Å². The standard InChI is InChI=1S/C28H26N4O2/c1-3-32-25-14-7-6-13-24(25)30-28(32)31-29-18-20-15-16-26(27(17-20)33-2)34-19-22-11-8-10-21-9-4-5-12-23(21)22/h4-18H,3,19H2,1-2H3,(H,30,31)/b29-18-. The molecule has 6 nitrogen and oxygen atoms in total. The van der Waals surface area contributed by atoms with E-state index in [0.717, 1.165) is 28.7 Å². The molecule has 5 rings (SSSR count). The number of hydrogen-bond donors (Lipinski definition) is 1. The second-order valence-electron chi connectivity index (χ2n) is 7.88. The van der Waals surface area contributed by atoms with Gasteiger partial charge in [-0.3, -0.25) is 0 Å². The number of imidazole rings is 1. The van der Waals surface area contributed by atoms with Crippen molar-refractivity contribution in [3.05, 3.63) is 96.1 Å². The molecule has 0 atom stereocenters. The van der Waals surface area contributed by atoms with Crippen LogP contribution in [0, 0.1) is 0 Å². The summed E-state index contributed by atoms with van der Waals surface area (Å²) in [7, 11) is 1.64. The number of para-hydroxylation sites is 2. The summed E-state index contributed by atoms with van der Waals surface area (Å²) in [5.74, 6) is 2.06. The summed E-state index contributed by atoms with van der Waals surface area (Å²) in [4.78, 5) is 4.63. The number of anilines is 1. The summed E-state index contributed by atoms with van der Waals surface area (Å²) < 4.78 is 13.8. The number of nitrogens with zero attached hydrogens (tertiary/aromatic N) is 3. The molecule has 170 valence electrons. The largest absolute Gasteiger partial charge is 0.493 e. The third-order valence-corrected chi connectivity index (χ3v) is 5.80. The molecule has 34 heavy (non-hydrogen) atoms. The minimum atomic E-state index is 0.458. The maximum Gasteiger partial charge on any atom is 0.224 e. The highest BCUT2D eigenvalue weighted by Gasteiger charge is 2.09. The highest BCUT2D eigenvalue weighted by molar-refractivity contribution is 5.85. The number of ether oxygens (including phenoxy) is 2. The molecule has 5 aromatic rings. The van der Waals surface area contributed by atoms with Gasteiger partial charge in [0.05, 0.1) is 24.4 Å². The summed E-state index contributed by atoms with van der Waals surface area (Å²) >= 11 is 0. The zero-order chi connectivity index (χ0) is 23.3. The number of nitrogens with one attached hydrogen (secondary N) is 1. The van der Waals surface area contributed by atoms with E-state index >= 15 is 0 Å². The van der Waals surface area contributed by atoms with Crippen LogP contribution in [-0.4, -0.2) is 22.9 Å². The zero-order valence-corrected chi connectivity index (χ0v) is 19.2. The number of fused-ring (bicyclic) bond motifs is 2. The van der Waals surface area contributed by atoms with Crippen LogP contribution >= 0.6 is 0 Å². The van der Waals surface area contributed by atoms with Gasteiger partial charge in [0.1, 0.15) is 6.61 Å². The summed E-state index contributed by atoms with van der Waals surface area (Å²) in [6, 6.07) is 28.4. The number of rotatable bonds is 8. The molecule has 1 aromatic heterocycles. The van der Waals surface area contributed by atoms with Gasteiger partial charge in [0.15, 0.2) is 11.5 Å². The number of hydrazone groups is 1. The van der Waals surface area contributed by atoms with Crippen LogP contribution in [0.1, 0.15) is 18.1 Å². The van der Waals surface area contributed by atoms with Crippen LogP contribution in [0.2, 0.25) is 0 Å². The van der Waals surface area contributed by atoms with E-state index in [4.69, 9.17) is 9.47 Å². The van der Waals surface area contributed by atoms with E-state index in [9.17, 15) is 0 Å². The van der Waals surface area contributed by atoms with Crippen molar-refractivity contribution in [1.29, 1.82) is 0 Å². The second-order valence-corrected chi connectivity index (χ2v) is 7.88. The van der Waals surface area contributed by atoms with Crippen molar-refractivity contribution < 1.29 is 9.47 Å². The Balaban J connectivity index is 1.30. The molecule has 0 unspecified atom stereocenters. The zero-order valence-electron chi connectivity index (χ0n) is 19.2. The second kappa shape index (κ2) is 9.67. The van der Waals surface area contributed by atoms with Gasteiger partial charge in [-0.05, 0) is 59.2 Å². The van der Waals surface area contributed by atoms with Crippen molar-refractivity contribution in [2.75, 3.05) is 12.5 Å². The van der Waals surface area contributed by atoms with E-state index in [1.54, 1.807) is 13.3 Å². The van der Waals surface area contributed by atoms with Gasteiger partial charge < -0.3 is 14.0 Å². The fraction of sp³-hybridized carbons (Fsp3) is 0.143. The maximum absolute atomic E-state index is 6.12. The molecule has 1 heterocycles. The quantitative estimate of drug-likeness (QED) is 0.224. The Morgan fingerprint density at radius 3 is 2.65 bits per heavy atom. The van der Waals surface area contributed by atoms with Crippen molar-refractivity contribution in [2.45, 2.75) is 20.1 Å². The van der Waals surface area contributed by atoms with Crippen molar-refractivity contribution >= 4 is 34.0 Å². The van der Waals surface area contributed by atoms with E-state index in [0.29, 0.717) is 24.1 Å². The SMILES string of the molecule is CCn1c(N/N=C\c2ccc(OCc3cccc4ccccc34)c(OC)c2)nc2ccccc21. The molecule has 0 saturated carbocycles.